The highest BCUT2D eigenvalue weighted by Gasteiger charge is 2.03. The highest BCUT2D eigenvalue weighted by Crippen LogP contribution is 2.09. The van der Waals surface area contributed by atoms with Crippen molar-refractivity contribution in [2.75, 3.05) is 5.73 Å². The van der Waals surface area contributed by atoms with Gasteiger partial charge in [0.25, 0.3) is 5.56 Å². The van der Waals surface area contributed by atoms with Gasteiger partial charge in [0, 0.05) is 31.7 Å². The smallest absolute Gasteiger partial charge is 0.264 e. The molecule has 90 valence electrons. The van der Waals surface area contributed by atoms with E-state index < -0.39 is 0 Å². The van der Waals surface area contributed by atoms with E-state index in [1.54, 1.807) is 27.7 Å². The zero-order chi connectivity index (χ0) is 12.4. The average molecular weight is 297 g/mol. The quantitative estimate of drug-likeness (QED) is 0.925. The van der Waals surface area contributed by atoms with Crippen LogP contribution in [0.5, 0.6) is 0 Å². The molecule has 0 aliphatic carbocycles. The number of pyridine rings is 1. The fourth-order valence-corrected chi connectivity index (χ4v) is 2.13. The van der Waals surface area contributed by atoms with Gasteiger partial charge in [-0.05, 0) is 34.0 Å². The molecule has 2 aromatic heterocycles. The van der Waals surface area contributed by atoms with E-state index in [9.17, 15) is 4.79 Å². The average Bonchev–Trinajstić information content (AvgIpc) is 2.67. The predicted octanol–water partition coefficient (Wildman–Crippen LogP) is 1.17. The summed E-state index contributed by atoms with van der Waals surface area (Å²) in [6.45, 7) is 0.591. The van der Waals surface area contributed by atoms with Gasteiger partial charge in [0.15, 0.2) is 0 Å². The van der Waals surface area contributed by atoms with E-state index in [0.717, 1.165) is 12.0 Å². The van der Waals surface area contributed by atoms with Crippen LogP contribution in [-0.4, -0.2) is 14.3 Å². The van der Waals surface area contributed by atoms with Gasteiger partial charge < -0.3 is 10.3 Å². The second kappa shape index (κ2) is 4.75. The SMILES string of the molecule is Cn1cc(CCn2cc(N)cc(Br)c2=O)cn1. The van der Waals surface area contributed by atoms with Crippen molar-refractivity contribution in [3.8, 4) is 0 Å². The van der Waals surface area contributed by atoms with Crippen molar-refractivity contribution in [1.29, 1.82) is 0 Å². The van der Waals surface area contributed by atoms with E-state index in [1.807, 2.05) is 13.2 Å². The Balaban J connectivity index is 2.17. The molecule has 17 heavy (non-hydrogen) atoms. The number of anilines is 1. The first-order valence-corrected chi connectivity index (χ1v) is 5.98. The van der Waals surface area contributed by atoms with E-state index in [0.29, 0.717) is 16.7 Å². The third-order valence-corrected chi connectivity index (χ3v) is 3.03. The molecule has 0 saturated heterocycles. The van der Waals surface area contributed by atoms with E-state index in [1.165, 1.54) is 0 Å². The van der Waals surface area contributed by atoms with Crippen LogP contribution in [0.15, 0.2) is 33.9 Å². The Morgan fingerprint density at radius 3 is 2.88 bits per heavy atom. The first kappa shape index (κ1) is 11.9. The van der Waals surface area contributed by atoms with E-state index in [2.05, 4.69) is 21.0 Å². The molecule has 0 radical (unpaired) electrons. The zero-order valence-electron chi connectivity index (χ0n) is 9.43. The van der Waals surface area contributed by atoms with Gasteiger partial charge in [0.1, 0.15) is 0 Å². The largest absolute Gasteiger partial charge is 0.398 e. The predicted molar refractivity (Wildman–Crippen MR) is 69.7 cm³/mol. The van der Waals surface area contributed by atoms with Crippen molar-refractivity contribution in [3.05, 3.63) is 45.0 Å². The molecule has 2 rings (SSSR count). The Kier molecular flexibility index (Phi) is 3.33. The molecule has 0 aromatic carbocycles. The molecular formula is C11H13BrN4O. The van der Waals surface area contributed by atoms with Gasteiger partial charge in [-0.15, -0.1) is 0 Å². The second-order valence-corrected chi connectivity index (χ2v) is 4.75. The van der Waals surface area contributed by atoms with Crippen LogP contribution in [0.2, 0.25) is 0 Å². The molecule has 0 aliphatic heterocycles. The summed E-state index contributed by atoms with van der Waals surface area (Å²) in [6.07, 6.45) is 6.14. The maximum Gasteiger partial charge on any atom is 0.264 e. The molecule has 0 saturated carbocycles. The van der Waals surface area contributed by atoms with Gasteiger partial charge >= 0.3 is 0 Å². The van der Waals surface area contributed by atoms with Crippen molar-refractivity contribution < 1.29 is 0 Å². The molecule has 0 amide bonds. The van der Waals surface area contributed by atoms with Crippen molar-refractivity contribution in [2.45, 2.75) is 13.0 Å². The second-order valence-electron chi connectivity index (χ2n) is 3.89. The number of aryl methyl sites for hydroxylation is 3. The number of halogens is 1. The summed E-state index contributed by atoms with van der Waals surface area (Å²) >= 11 is 3.20. The first-order valence-electron chi connectivity index (χ1n) is 5.19. The maximum absolute atomic E-state index is 11.8. The Bertz CT molecular complexity index is 587. The molecule has 5 nitrogen and oxygen atoms in total. The molecule has 0 fully saturated rings. The summed E-state index contributed by atoms with van der Waals surface area (Å²) < 4.78 is 3.84. The molecule has 6 heteroatoms. The van der Waals surface area contributed by atoms with Crippen LogP contribution in [0.3, 0.4) is 0 Å². The van der Waals surface area contributed by atoms with Gasteiger partial charge in [-0.2, -0.15) is 5.10 Å². The summed E-state index contributed by atoms with van der Waals surface area (Å²) in [7, 11) is 1.87. The van der Waals surface area contributed by atoms with E-state index in [4.69, 9.17) is 5.73 Å². The third kappa shape index (κ3) is 2.76. The molecule has 0 unspecified atom stereocenters. The highest BCUT2D eigenvalue weighted by atomic mass is 79.9. The number of aromatic nitrogens is 3. The Morgan fingerprint density at radius 2 is 2.24 bits per heavy atom. The van der Waals surface area contributed by atoms with Crippen LogP contribution >= 0.6 is 15.9 Å². The van der Waals surface area contributed by atoms with Crippen LogP contribution < -0.4 is 11.3 Å². The minimum Gasteiger partial charge on any atom is -0.398 e. The van der Waals surface area contributed by atoms with Crippen LogP contribution in [0.4, 0.5) is 5.69 Å². The molecule has 0 bridgehead atoms. The fourth-order valence-electron chi connectivity index (χ4n) is 1.64. The molecule has 2 N–H and O–H groups in total. The van der Waals surface area contributed by atoms with Gasteiger partial charge in [-0.1, -0.05) is 0 Å². The molecule has 0 aliphatic rings. The third-order valence-electron chi connectivity index (χ3n) is 2.46. The summed E-state index contributed by atoms with van der Waals surface area (Å²) in [6, 6.07) is 1.61. The number of nitrogens with two attached hydrogens (primary N) is 1. The lowest BCUT2D eigenvalue weighted by Crippen LogP contribution is -2.21. The van der Waals surface area contributed by atoms with Crippen molar-refractivity contribution in [2.24, 2.45) is 7.05 Å². The number of nitrogens with zero attached hydrogens (tertiary/aromatic N) is 3. The highest BCUT2D eigenvalue weighted by molar-refractivity contribution is 9.10. The molecule has 0 spiro atoms. The summed E-state index contributed by atoms with van der Waals surface area (Å²) in [4.78, 5) is 11.8. The molecular weight excluding hydrogens is 284 g/mol. The van der Waals surface area contributed by atoms with E-state index >= 15 is 0 Å². The summed E-state index contributed by atoms with van der Waals surface area (Å²) in [5.74, 6) is 0. The minimum absolute atomic E-state index is 0.0666. The number of rotatable bonds is 3. The topological polar surface area (TPSA) is 65.8 Å². The monoisotopic (exact) mass is 296 g/mol. The summed E-state index contributed by atoms with van der Waals surface area (Å²) in [5, 5.41) is 4.08. The standard InChI is InChI=1S/C11H13BrN4O/c1-15-6-8(5-14-15)2-3-16-7-9(13)4-10(12)11(16)17/h4-7H,2-3,13H2,1H3. The number of hydrogen-bond acceptors (Lipinski definition) is 3. The van der Waals surface area contributed by atoms with Crippen LogP contribution in [-0.2, 0) is 20.0 Å². The fraction of sp³-hybridized carbons (Fsp3) is 0.273. The Morgan fingerprint density at radius 1 is 1.47 bits per heavy atom. The lowest BCUT2D eigenvalue weighted by molar-refractivity contribution is 0.667. The van der Waals surface area contributed by atoms with E-state index in [-0.39, 0.29) is 5.56 Å². The normalized spacial score (nSPS) is 10.7. The number of hydrogen-bond donors (Lipinski definition) is 1. The van der Waals surface area contributed by atoms with Gasteiger partial charge in [-0.25, -0.2) is 0 Å². The molecule has 0 atom stereocenters. The minimum atomic E-state index is -0.0666. The van der Waals surface area contributed by atoms with Crippen LogP contribution in [0, 0.1) is 0 Å². The molecule has 2 aromatic rings. The zero-order valence-corrected chi connectivity index (χ0v) is 11.0. The maximum atomic E-state index is 11.8. The Labute approximate surface area is 107 Å². The Hall–Kier alpha value is -1.56. The van der Waals surface area contributed by atoms with Gasteiger partial charge in [-0.3, -0.25) is 9.48 Å². The lowest BCUT2D eigenvalue weighted by Gasteiger charge is -2.06. The van der Waals surface area contributed by atoms with Crippen molar-refractivity contribution in [1.82, 2.24) is 14.3 Å². The van der Waals surface area contributed by atoms with Crippen LogP contribution in [0.1, 0.15) is 5.56 Å². The lowest BCUT2D eigenvalue weighted by atomic mass is 10.2. The van der Waals surface area contributed by atoms with Crippen molar-refractivity contribution in [3.63, 3.8) is 0 Å². The molecule has 2 heterocycles. The number of nitrogen functional groups attached to an aromatic ring is 1. The summed E-state index contributed by atoms with van der Waals surface area (Å²) in [5.41, 5.74) is 7.30. The van der Waals surface area contributed by atoms with Gasteiger partial charge in [0.05, 0.1) is 10.7 Å². The van der Waals surface area contributed by atoms with Crippen molar-refractivity contribution >= 4 is 21.6 Å². The van der Waals surface area contributed by atoms with Gasteiger partial charge in [0.2, 0.25) is 0 Å². The van der Waals surface area contributed by atoms with Crippen LogP contribution in [0.25, 0.3) is 0 Å². The first-order chi connectivity index (χ1) is 8.06.